The van der Waals surface area contributed by atoms with E-state index in [2.05, 4.69) is 0 Å². The highest BCUT2D eigenvalue weighted by molar-refractivity contribution is 5.87. The van der Waals surface area contributed by atoms with Crippen LogP contribution in [0.5, 0.6) is 5.75 Å². The van der Waals surface area contributed by atoms with Crippen molar-refractivity contribution in [3.63, 3.8) is 0 Å². The topological polar surface area (TPSA) is 57.5 Å². The molecule has 132 valence electrons. The maximum atomic E-state index is 13.3. The Kier molecular flexibility index (Phi) is 5.32. The van der Waals surface area contributed by atoms with Crippen LogP contribution < -0.4 is 0 Å². The Morgan fingerprint density at radius 3 is 2.19 bits per heavy atom. The summed E-state index contributed by atoms with van der Waals surface area (Å²) in [6.45, 7) is 0. The monoisotopic (exact) mass is 350 g/mol. The Balaban J connectivity index is 1.89. The van der Waals surface area contributed by atoms with Crippen LogP contribution in [0.3, 0.4) is 0 Å². The molecule has 0 saturated heterocycles. The molecule has 3 aromatic rings. The van der Waals surface area contributed by atoms with Gasteiger partial charge in [-0.1, -0.05) is 36.4 Å². The van der Waals surface area contributed by atoms with Crippen LogP contribution in [-0.4, -0.2) is 16.2 Å². The minimum absolute atomic E-state index is 0.0594. The number of rotatable bonds is 6. The third-order valence-corrected chi connectivity index (χ3v) is 4.42. The molecule has 4 heteroatoms. The highest BCUT2D eigenvalue weighted by Gasteiger charge is 2.15. The van der Waals surface area contributed by atoms with E-state index in [1.165, 1.54) is 12.1 Å². The number of benzene rings is 3. The molecule has 0 saturated carbocycles. The molecule has 0 aliphatic rings. The summed E-state index contributed by atoms with van der Waals surface area (Å²) < 4.78 is 13.3. The Labute approximate surface area is 151 Å². The van der Waals surface area contributed by atoms with Crippen LogP contribution in [0, 0.1) is 5.82 Å². The number of halogens is 1. The molecule has 3 rings (SSSR count). The van der Waals surface area contributed by atoms with E-state index in [1.807, 2.05) is 18.2 Å². The molecule has 3 nitrogen and oxygen atoms in total. The van der Waals surface area contributed by atoms with Gasteiger partial charge in [0.2, 0.25) is 0 Å². The summed E-state index contributed by atoms with van der Waals surface area (Å²) in [5.74, 6) is -0.973. The molecule has 0 radical (unpaired) electrons. The van der Waals surface area contributed by atoms with Crippen LogP contribution in [0.4, 0.5) is 4.39 Å². The van der Waals surface area contributed by atoms with Crippen LogP contribution in [0.15, 0.2) is 72.8 Å². The fourth-order valence-corrected chi connectivity index (χ4v) is 3.08. The van der Waals surface area contributed by atoms with Crippen molar-refractivity contribution in [2.75, 3.05) is 0 Å². The van der Waals surface area contributed by atoms with E-state index in [4.69, 9.17) is 0 Å². The first-order valence-corrected chi connectivity index (χ1v) is 8.37. The Morgan fingerprint density at radius 1 is 0.885 bits per heavy atom. The van der Waals surface area contributed by atoms with E-state index in [0.717, 1.165) is 16.7 Å². The maximum absolute atomic E-state index is 13.3. The van der Waals surface area contributed by atoms with Gasteiger partial charge in [-0.15, -0.1) is 0 Å². The highest BCUT2D eigenvalue weighted by atomic mass is 19.1. The van der Waals surface area contributed by atoms with Crippen LogP contribution in [-0.2, 0) is 12.8 Å². The summed E-state index contributed by atoms with van der Waals surface area (Å²) in [6, 6.07) is 20.3. The quantitative estimate of drug-likeness (QED) is 0.671. The van der Waals surface area contributed by atoms with Crippen molar-refractivity contribution in [2.45, 2.75) is 18.8 Å². The van der Waals surface area contributed by atoms with Gasteiger partial charge in [-0.2, -0.15) is 0 Å². The molecule has 3 aromatic carbocycles. The van der Waals surface area contributed by atoms with Gasteiger partial charge in [0.1, 0.15) is 11.6 Å². The van der Waals surface area contributed by atoms with Crippen LogP contribution >= 0.6 is 0 Å². The van der Waals surface area contributed by atoms with Gasteiger partial charge in [-0.25, -0.2) is 9.18 Å². The molecule has 26 heavy (non-hydrogen) atoms. The van der Waals surface area contributed by atoms with Gasteiger partial charge in [-0.3, -0.25) is 0 Å². The molecule has 0 heterocycles. The third-order valence-electron chi connectivity index (χ3n) is 4.42. The SMILES string of the molecule is O=C(O)c1cccc(CC(Cc2ccc(O)cc2)c2ccc(F)cc2)c1. The van der Waals surface area contributed by atoms with Crippen molar-refractivity contribution in [1.29, 1.82) is 0 Å². The largest absolute Gasteiger partial charge is 0.508 e. The molecular formula is C22H19FO3. The van der Waals surface area contributed by atoms with Gasteiger partial charge in [-0.05, 0) is 71.8 Å². The second-order valence-electron chi connectivity index (χ2n) is 6.33. The average molecular weight is 350 g/mol. The summed E-state index contributed by atoms with van der Waals surface area (Å²) in [4.78, 5) is 11.2. The first-order valence-electron chi connectivity index (χ1n) is 8.37. The van der Waals surface area contributed by atoms with Gasteiger partial charge >= 0.3 is 5.97 Å². The molecule has 0 spiro atoms. The molecule has 0 aromatic heterocycles. The minimum atomic E-state index is -0.955. The number of carboxylic acid groups (broad SMARTS) is 1. The number of carboxylic acids is 1. The van der Waals surface area contributed by atoms with Crippen LogP contribution in [0.25, 0.3) is 0 Å². The van der Waals surface area contributed by atoms with Crippen molar-refractivity contribution in [1.82, 2.24) is 0 Å². The summed E-state index contributed by atoms with van der Waals surface area (Å²) in [7, 11) is 0. The van der Waals surface area contributed by atoms with E-state index < -0.39 is 5.97 Å². The van der Waals surface area contributed by atoms with E-state index >= 15 is 0 Å². The van der Waals surface area contributed by atoms with Gasteiger partial charge in [0.25, 0.3) is 0 Å². The van der Waals surface area contributed by atoms with E-state index in [-0.39, 0.29) is 23.0 Å². The molecule has 0 aliphatic heterocycles. The zero-order valence-corrected chi connectivity index (χ0v) is 14.1. The standard InChI is InChI=1S/C22H19FO3/c23-20-8-6-17(7-9-20)19(12-15-4-10-21(24)11-5-15)14-16-2-1-3-18(13-16)22(25)26/h1-11,13,19,24H,12,14H2,(H,25,26). The lowest BCUT2D eigenvalue weighted by Crippen LogP contribution is -2.08. The first kappa shape index (κ1) is 17.7. The first-order chi connectivity index (χ1) is 12.5. The summed E-state index contributed by atoms with van der Waals surface area (Å²) in [5, 5.41) is 18.6. The smallest absolute Gasteiger partial charge is 0.335 e. The van der Waals surface area contributed by atoms with Crippen molar-refractivity contribution < 1.29 is 19.4 Å². The van der Waals surface area contributed by atoms with Crippen molar-refractivity contribution in [2.24, 2.45) is 0 Å². The predicted molar refractivity (Wildman–Crippen MR) is 98.1 cm³/mol. The van der Waals surface area contributed by atoms with Gasteiger partial charge in [0.15, 0.2) is 0 Å². The third kappa shape index (κ3) is 4.48. The number of carbonyl (C=O) groups is 1. The molecule has 2 N–H and O–H groups in total. The van der Waals surface area contributed by atoms with E-state index in [0.29, 0.717) is 12.8 Å². The van der Waals surface area contributed by atoms with Gasteiger partial charge < -0.3 is 10.2 Å². The molecule has 0 amide bonds. The van der Waals surface area contributed by atoms with Gasteiger partial charge in [0, 0.05) is 0 Å². The minimum Gasteiger partial charge on any atom is -0.508 e. The second-order valence-corrected chi connectivity index (χ2v) is 6.33. The van der Waals surface area contributed by atoms with Crippen molar-refractivity contribution >= 4 is 5.97 Å². The van der Waals surface area contributed by atoms with Crippen LogP contribution in [0.1, 0.15) is 33.0 Å². The number of phenols is 1. The maximum Gasteiger partial charge on any atom is 0.335 e. The lowest BCUT2D eigenvalue weighted by molar-refractivity contribution is 0.0696. The molecule has 1 atom stereocenters. The number of hydrogen-bond acceptors (Lipinski definition) is 2. The summed E-state index contributed by atoms with van der Waals surface area (Å²) in [5.41, 5.74) is 3.20. The summed E-state index contributed by atoms with van der Waals surface area (Å²) >= 11 is 0. The number of hydrogen-bond donors (Lipinski definition) is 2. The van der Waals surface area contributed by atoms with Crippen LogP contribution in [0.2, 0.25) is 0 Å². The molecule has 0 fully saturated rings. The molecule has 0 aliphatic carbocycles. The Hall–Kier alpha value is -3.14. The van der Waals surface area contributed by atoms with Gasteiger partial charge in [0.05, 0.1) is 5.56 Å². The lowest BCUT2D eigenvalue weighted by atomic mass is 9.86. The zero-order valence-electron chi connectivity index (χ0n) is 14.1. The number of aromatic carboxylic acids is 1. The highest BCUT2D eigenvalue weighted by Crippen LogP contribution is 2.27. The molecule has 0 bridgehead atoms. The fourth-order valence-electron chi connectivity index (χ4n) is 3.08. The van der Waals surface area contributed by atoms with Crippen molar-refractivity contribution in [3.8, 4) is 5.75 Å². The second kappa shape index (κ2) is 7.83. The summed E-state index contributed by atoms with van der Waals surface area (Å²) in [6.07, 6.45) is 1.33. The van der Waals surface area contributed by atoms with Crippen molar-refractivity contribution in [3.05, 3.63) is 101 Å². The Morgan fingerprint density at radius 2 is 1.54 bits per heavy atom. The normalized spacial score (nSPS) is 11.9. The van der Waals surface area contributed by atoms with E-state index in [9.17, 15) is 19.4 Å². The van der Waals surface area contributed by atoms with E-state index in [1.54, 1.807) is 42.5 Å². The fraction of sp³-hybridized carbons (Fsp3) is 0.136. The Bertz CT molecular complexity index is 886. The molecule has 1 unspecified atom stereocenters. The predicted octanol–water partition coefficient (Wildman–Crippen LogP) is 4.80. The average Bonchev–Trinajstić information content (AvgIpc) is 2.64. The zero-order chi connectivity index (χ0) is 18.5. The molecular weight excluding hydrogens is 331 g/mol. The lowest BCUT2D eigenvalue weighted by Gasteiger charge is -2.18. The number of aromatic hydroxyl groups is 1. The number of phenolic OH excluding ortho intramolecular Hbond substituents is 1.